The van der Waals surface area contributed by atoms with E-state index in [1.54, 1.807) is 6.92 Å². The van der Waals surface area contributed by atoms with Crippen LogP contribution in [-0.4, -0.2) is 11.0 Å². The number of halogens is 3. The highest BCUT2D eigenvalue weighted by Gasteiger charge is 2.16. The van der Waals surface area contributed by atoms with Crippen molar-refractivity contribution in [1.82, 2.24) is 0 Å². The monoisotopic (exact) mass is 281 g/mol. The molecule has 0 radical (unpaired) electrons. The molecule has 6 heteroatoms. The molecule has 2 rings (SSSR count). The van der Waals surface area contributed by atoms with Crippen molar-refractivity contribution in [3.63, 3.8) is 0 Å². The average Bonchev–Trinajstić information content (AvgIpc) is 2.42. The lowest BCUT2D eigenvalue weighted by atomic mass is 10.1. The first-order valence-electron chi connectivity index (χ1n) is 5.64. The van der Waals surface area contributed by atoms with Gasteiger partial charge in [-0.1, -0.05) is 0 Å². The Hall–Kier alpha value is -2.50. The van der Waals surface area contributed by atoms with Crippen LogP contribution in [0.1, 0.15) is 15.9 Å². The summed E-state index contributed by atoms with van der Waals surface area (Å²) < 4.78 is 39.2. The van der Waals surface area contributed by atoms with Crippen LogP contribution in [0.4, 0.5) is 18.9 Å². The van der Waals surface area contributed by atoms with Crippen LogP contribution in [0.5, 0.6) is 5.75 Å². The topological polar surface area (TPSA) is 49.3 Å². The molecule has 0 aliphatic rings. The summed E-state index contributed by atoms with van der Waals surface area (Å²) in [6.07, 6.45) is 0. The number of phenols is 1. The van der Waals surface area contributed by atoms with Gasteiger partial charge in [-0.25, -0.2) is 13.2 Å². The van der Waals surface area contributed by atoms with Crippen LogP contribution in [0.2, 0.25) is 0 Å². The minimum atomic E-state index is -1.65. The number of rotatable bonds is 2. The van der Waals surface area contributed by atoms with Crippen molar-refractivity contribution in [2.24, 2.45) is 0 Å². The van der Waals surface area contributed by atoms with Gasteiger partial charge in [0, 0.05) is 5.56 Å². The van der Waals surface area contributed by atoms with Crippen LogP contribution in [-0.2, 0) is 0 Å². The first-order valence-corrected chi connectivity index (χ1v) is 5.64. The molecule has 2 N–H and O–H groups in total. The van der Waals surface area contributed by atoms with Gasteiger partial charge in [-0.15, -0.1) is 0 Å². The van der Waals surface area contributed by atoms with Crippen molar-refractivity contribution in [1.29, 1.82) is 0 Å². The average molecular weight is 281 g/mol. The number of aromatic hydroxyl groups is 1. The molecule has 0 saturated carbocycles. The minimum absolute atomic E-state index is 0.0144. The summed E-state index contributed by atoms with van der Waals surface area (Å²) in [6, 6.07) is 5.68. The predicted molar refractivity (Wildman–Crippen MR) is 67.1 cm³/mol. The van der Waals surface area contributed by atoms with Gasteiger partial charge in [-0.05, 0) is 42.8 Å². The number of hydrogen-bond acceptors (Lipinski definition) is 2. The maximum atomic E-state index is 13.4. The van der Waals surface area contributed by atoms with Gasteiger partial charge in [0.25, 0.3) is 5.91 Å². The number of anilines is 1. The number of benzene rings is 2. The second-order valence-electron chi connectivity index (χ2n) is 4.18. The van der Waals surface area contributed by atoms with Gasteiger partial charge in [0.15, 0.2) is 17.5 Å². The lowest BCUT2D eigenvalue weighted by Crippen LogP contribution is -2.14. The summed E-state index contributed by atoms with van der Waals surface area (Å²) in [4.78, 5) is 11.9. The molecule has 0 heterocycles. The van der Waals surface area contributed by atoms with Crippen molar-refractivity contribution >= 4 is 11.6 Å². The molecule has 1 amide bonds. The van der Waals surface area contributed by atoms with Crippen molar-refractivity contribution < 1.29 is 23.1 Å². The number of aryl methyl sites for hydroxylation is 1. The molecule has 0 spiro atoms. The highest BCUT2D eigenvalue weighted by Crippen LogP contribution is 2.21. The normalized spacial score (nSPS) is 10.4. The molecule has 2 aromatic rings. The largest absolute Gasteiger partial charge is 0.508 e. The Morgan fingerprint density at radius 3 is 2.45 bits per heavy atom. The van der Waals surface area contributed by atoms with Crippen LogP contribution in [0.3, 0.4) is 0 Å². The summed E-state index contributed by atoms with van der Waals surface area (Å²) in [5.41, 5.74) is 0.160. The van der Waals surface area contributed by atoms with Crippen LogP contribution in [0, 0.1) is 24.4 Å². The Bertz CT molecular complexity index is 686. The van der Waals surface area contributed by atoms with E-state index in [1.807, 2.05) is 0 Å². The number of carbonyl (C=O) groups excluding carboxylic acids is 1. The minimum Gasteiger partial charge on any atom is -0.508 e. The lowest BCUT2D eigenvalue weighted by molar-refractivity contribution is 0.102. The summed E-state index contributed by atoms with van der Waals surface area (Å²) in [5.74, 6) is -5.13. The molecule has 0 saturated heterocycles. The Balaban J connectivity index is 2.28. The van der Waals surface area contributed by atoms with Crippen molar-refractivity contribution in [3.05, 3.63) is 58.9 Å². The molecule has 0 fully saturated rings. The third-order valence-electron chi connectivity index (χ3n) is 2.74. The van der Waals surface area contributed by atoms with E-state index in [-0.39, 0.29) is 11.3 Å². The van der Waals surface area contributed by atoms with Crippen molar-refractivity contribution in [3.8, 4) is 5.75 Å². The van der Waals surface area contributed by atoms with E-state index in [1.165, 1.54) is 18.2 Å². The molecule has 20 heavy (non-hydrogen) atoms. The van der Waals surface area contributed by atoms with Gasteiger partial charge in [0.05, 0.1) is 5.69 Å². The molecule has 0 bridgehead atoms. The first kappa shape index (κ1) is 13.9. The highest BCUT2D eigenvalue weighted by molar-refractivity contribution is 6.04. The summed E-state index contributed by atoms with van der Waals surface area (Å²) in [6.45, 7) is 1.59. The highest BCUT2D eigenvalue weighted by atomic mass is 19.2. The maximum Gasteiger partial charge on any atom is 0.255 e. The van der Waals surface area contributed by atoms with E-state index in [9.17, 15) is 23.1 Å². The van der Waals surface area contributed by atoms with E-state index in [0.717, 1.165) is 12.1 Å². The Kier molecular flexibility index (Phi) is 3.65. The van der Waals surface area contributed by atoms with E-state index in [4.69, 9.17) is 0 Å². The Morgan fingerprint density at radius 1 is 1.10 bits per heavy atom. The van der Waals surface area contributed by atoms with E-state index in [0.29, 0.717) is 5.56 Å². The SMILES string of the molecule is Cc1cc(C(=O)Nc2ccc(F)c(F)c2F)ccc1O. The van der Waals surface area contributed by atoms with Gasteiger partial charge in [0.1, 0.15) is 5.75 Å². The zero-order valence-electron chi connectivity index (χ0n) is 10.4. The number of phenolic OH excluding ortho intramolecular Hbond substituents is 1. The maximum absolute atomic E-state index is 13.4. The van der Waals surface area contributed by atoms with Crippen molar-refractivity contribution in [2.75, 3.05) is 5.32 Å². The number of amides is 1. The van der Waals surface area contributed by atoms with E-state index < -0.39 is 29.0 Å². The standard InChI is InChI=1S/C14H10F3NO2/c1-7-6-8(2-5-11(7)19)14(20)18-10-4-3-9(15)12(16)13(10)17/h2-6,19H,1H3,(H,18,20). The zero-order chi connectivity index (χ0) is 14.9. The Labute approximate surface area is 112 Å². The Morgan fingerprint density at radius 2 is 1.80 bits per heavy atom. The molecule has 0 aliphatic heterocycles. The van der Waals surface area contributed by atoms with Crippen LogP contribution < -0.4 is 5.32 Å². The van der Waals surface area contributed by atoms with Crippen molar-refractivity contribution in [2.45, 2.75) is 6.92 Å². The second kappa shape index (κ2) is 5.24. The van der Waals surface area contributed by atoms with Gasteiger partial charge in [-0.3, -0.25) is 4.79 Å². The lowest BCUT2D eigenvalue weighted by Gasteiger charge is -2.08. The molecule has 0 unspecified atom stereocenters. The molecular weight excluding hydrogens is 271 g/mol. The quantitative estimate of drug-likeness (QED) is 0.829. The number of nitrogens with one attached hydrogen (secondary N) is 1. The van der Waals surface area contributed by atoms with E-state index >= 15 is 0 Å². The molecule has 0 atom stereocenters. The fourth-order valence-corrected chi connectivity index (χ4v) is 1.61. The van der Waals surface area contributed by atoms with Crippen LogP contribution >= 0.6 is 0 Å². The fourth-order valence-electron chi connectivity index (χ4n) is 1.61. The summed E-state index contributed by atoms with van der Waals surface area (Å²) in [7, 11) is 0. The third kappa shape index (κ3) is 2.59. The van der Waals surface area contributed by atoms with Gasteiger partial charge in [-0.2, -0.15) is 0 Å². The zero-order valence-corrected chi connectivity index (χ0v) is 10.4. The van der Waals surface area contributed by atoms with Crippen LogP contribution in [0.15, 0.2) is 30.3 Å². The molecule has 2 aromatic carbocycles. The van der Waals surface area contributed by atoms with Gasteiger partial charge < -0.3 is 10.4 Å². The molecule has 0 aromatic heterocycles. The molecule has 0 aliphatic carbocycles. The second-order valence-corrected chi connectivity index (χ2v) is 4.18. The van der Waals surface area contributed by atoms with Gasteiger partial charge >= 0.3 is 0 Å². The van der Waals surface area contributed by atoms with Gasteiger partial charge in [0.2, 0.25) is 0 Å². The number of carbonyl (C=O) groups is 1. The van der Waals surface area contributed by atoms with E-state index in [2.05, 4.69) is 5.32 Å². The van der Waals surface area contributed by atoms with Crippen LogP contribution in [0.25, 0.3) is 0 Å². The summed E-state index contributed by atoms with van der Waals surface area (Å²) in [5, 5.41) is 11.5. The fraction of sp³-hybridized carbons (Fsp3) is 0.0714. The summed E-state index contributed by atoms with van der Waals surface area (Å²) >= 11 is 0. The number of hydrogen-bond donors (Lipinski definition) is 2. The molecular formula is C14H10F3NO2. The third-order valence-corrected chi connectivity index (χ3v) is 2.74. The first-order chi connectivity index (χ1) is 9.40. The molecule has 3 nitrogen and oxygen atoms in total. The molecule has 104 valence electrons. The smallest absolute Gasteiger partial charge is 0.255 e. The predicted octanol–water partition coefficient (Wildman–Crippen LogP) is 3.37.